The summed E-state index contributed by atoms with van der Waals surface area (Å²) in [5.74, 6) is -1.22. The highest BCUT2D eigenvalue weighted by Crippen LogP contribution is 2.41. The Morgan fingerprint density at radius 1 is 0.966 bits per heavy atom. The third-order valence-electron chi connectivity index (χ3n) is 5.37. The topological polar surface area (TPSA) is 80.8 Å². The molecule has 0 heterocycles. The smallest absolute Gasteiger partial charge is 0.328 e. The molecule has 0 unspecified atom stereocenters. The molecule has 1 saturated carbocycles. The Bertz CT molecular complexity index is 951. The minimum absolute atomic E-state index is 0.103. The van der Waals surface area contributed by atoms with E-state index in [-0.39, 0.29) is 23.6 Å². The first-order chi connectivity index (χ1) is 13.9. The van der Waals surface area contributed by atoms with Crippen molar-refractivity contribution in [1.29, 1.82) is 0 Å². The number of nitrogens with zero attached hydrogens (tertiary/aromatic N) is 1. The fourth-order valence-electron chi connectivity index (χ4n) is 3.67. The van der Waals surface area contributed by atoms with E-state index in [4.69, 9.17) is 4.74 Å². The van der Waals surface area contributed by atoms with E-state index in [1.165, 1.54) is 17.0 Å². The molecule has 6 nitrogen and oxygen atoms in total. The van der Waals surface area contributed by atoms with Gasteiger partial charge in [0, 0.05) is 13.6 Å². The van der Waals surface area contributed by atoms with E-state index in [0.717, 1.165) is 5.56 Å². The number of esters is 1. The zero-order chi connectivity index (χ0) is 20.9. The standard InChI is InChI=1S/C22H25NO5S/c1-23(16-18-10-4-2-5-11-18)20(24)17-28-21(25)22(14-8-9-15-22)29(26,27)19-12-6-3-7-13-19/h2-7,10-13H,8-9,14-17H2,1H3. The van der Waals surface area contributed by atoms with Gasteiger partial charge in [0.2, 0.25) is 0 Å². The average molecular weight is 416 g/mol. The van der Waals surface area contributed by atoms with Crippen LogP contribution < -0.4 is 0 Å². The predicted molar refractivity (Wildman–Crippen MR) is 109 cm³/mol. The van der Waals surface area contributed by atoms with Crippen LogP contribution in [0.1, 0.15) is 31.2 Å². The summed E-state index contributed by atoms with van der Waals surface area (Å²) in [7, 11) is -2.30. The summed E-state index contributed by atoms with van der Waals surface area (Å²) in [6.07, 6.45) is 1.67. The van der Waals surface area contributed by atoms with Gasteiger partial charge in [0.25, 0.3) is 5.91 Å². The molecule has 29 heavy (non-hydrogen) atoms. The van der Waals surface area contributed by atoms with Crippen molar-refractivity contribution in [1.82, 2.24) is 4.90 Å². The van der Waals surface area contributed by atoms with Crippen molar-refractivity contribution in [2.75, 3.05) is 13.7 Å². The molecule has 1 aliphatic carbocycles. The maximum atomic E-state index is 13.2. The summed E-state index contributed by atoms with van der Waals surface area (Å²) in [6.45, 7) is -0.0983. The minimum Gasteiger partial charge on any atom is -0.454 e. The van der Waals surface area contributed by atoms with Gasteiger partial charge in [0.05, 0.1) is 4.90 Å². The molecule has 1 fully saturated rings. The molecule has 0 aromatic heterocycles. The Morgan fingerprint density at radius 3 is 2.10 bits per heavy atom. The molecule has 0 atom stereocenters. The SMILES string of the molecule is CN(Cc1ccccc1)C(=O)COC(=O)C1(S(=O)(=O)c2ccccc2)CCCC1. The number of ether oxygens (including phenoxy) is 1. The van der Waals surface area contributed by atoms with Gasteiger partial charge in [-0.25, -0.2) is 8.42 Å². The van der Waals surface area contributed by atoms with E-state index >= 15 is 0 Å². The summed E-state index contributed by atoms with van der Waals surface area (Å²) in [5.41, 5.74) is 0.952. The molecule has 7 heteroatoms. The number of sulfone groups is 1. The number of hydrogen-bond donors (Lipinski definition) is 0. The highest BCUT2D eigenvalue weighted by atomic mass is 32.2. The Kier molecular flexibility index (Phi) is 6.37. The van der Waals surface area contributed by atoms with Crippen molar-refractivity contribution < 1.29 is 22.7 Å². The summed E-state index contributed by atoms with van der Waals surface area (Å²) in [6, 6.07) is 17.4. The number of rotatable bonds is 7. The summed E-state index contributed by atoms with van der Waals surface area (Å²) < 4.78 is 30.1. The van der Waals surface area contributed by atoms with Gasteiger partial charge in [0.1, 0.15) is 0 Å². The monoisotopic (exact) mass is 415 g/mol. The van der Waals surface area contributed by atoms with E-state index in [2.05, 4.69) is 0 Å². The molecule has 1 amide bonds. The average Bonchev–Trinajstić information content (AvgIpc) is 3.25. The van der Waals surface area contributed by atoms with Gasteiger partial charge in [-0.1, -0.05) is 61.4 Å². The molecule has 154 valence electrons. The van der Waals surface area contributed by atoms with Crippen LogP contribution in [0, 0.1) is 0 Å². The first-order valence-corrected chi connectivity index (χ1v) is 11.1. The molecular formula is C22H25NO5S. The van der Waals surface area contributed by atoms with Crippen molar-refractivity contribution in [3.63, 3.8) is 0 Å². The van der Waals surface area contributed by atoms with Gasteiger partial charge in [-0.2, -0.15) is 0 Å². The van der Waals surface area contributed by atoms with Crippen LogP contribution in [0.15, 0.2) is 65.6 Å². The Labute approximate surface area is 171 Å². The number of likely N-dealkylation sites (N-methyl/N-ethyl adjacent to an activating group) is 1. The zero-order valence-corrected chi connectivity index (χ0v) is 17.2. The third-order valence-corrected chi connectivity index (χ3v) is 7.86. The molecule has 0 bridgehead atoms. The van der Waals surface area contributed by atoms with Crippen LogP contribution in [0.3, 0.4) is 0 Å². The molecule has 0 N–H and O–H groups in total. The lowest BCUT2D eigenvalue weighted by Crippen LogP contribution is -2.46. The van der Waals surface area contributed by atoms with E-state index < -0.39 is 27.2 Å². The first kappa shape index (κ1) is 21.0. The van der Waals surface area contributed by atoms with Crippen LogP contribution in [-0.2, 0) is 30.7 Å². The molecule has 2 aromatic rings. The van der Waals surface area contributed by atoms with Gasteiger partial charge >= 0.3 is 5.97 Å². The summed E-state index contributed by atoms with van der Waals surface area (Å²) >= 11 is 0. The molecule has 1 aliphatic rings. The molecular weight excluding hydrogens is 390 g/mol. The van der Waals surface area contributed by atoms with E-state index in [9.17, 15) is 18.0 Å². The normalized spacial score (nSPS) is 15.6. The molecule has 0 radical (unpaired) electrons. The molecule has 0 spiro atoms. The Balaban J connectivity index is 1.70. The number of hydrogen-bond acceptors (Lipinski definition) is 5. The second kappa shape index (κ2) is 8.78. The number of amides is 1. The van der Waals surface area contributed by atoms with Crippen molar-refractivity contribution in [3.8, 4) is 0 Å². The predicted octanol–water partition coefficient (Wildman–Crippen LogP) is 2.97. The molecule has 3 rings (SSSR count). The van der Waals surface area contributed by atoms with Gasteiger partial charge in [-0.15, -0.1) is 0 Å². The second-order valence-corrected chi connectivity index (χ2v) is 9.59. The minimum atomic E-state index is -3.92. The fraction of sp³-hybridized carbons (Fsp3) is 0.364. The lowest BCUT2D eigenvalue weighted by molar-refractivity contribution is -0.153. The van der Waals surface area contributed by atoms with E-state index in [1.807, 2.05) is 30.3 Å². The third kappa shape index (κ3) is 4.34. The molecule has 0 aliphatic heterocycles. The van der Waals surface area contributed by atoms with Crippen LogP contribution in [0.5, 0.6) is 0 Å². The highest BCUT2D eigenvalue weighted by Gasteiger charge is 2.54. The van der Waals surface area contributed by atoms with E-state index in [0.29, 0.717) is 19.4 Å². The largest absolute Gasteiger partial charge is 0.454 e. The maximum absolute atomic E-state index is 13.2. The Morgan fingerprint density at radius 2 is 1.52 bits per heavy atom. The van der Waals surface area contributed by atoms with Gasteiger partial charge < -0.3 is 9.64 Å². The van der Waals surface area contributed by atoms with Crippen molar-refractivity contribution >= 4 is 21.7 Å². The lowest BCUT2D eigenvalue weighted by atomic mass is 10.1. The number of carbonyl (C=O) groups excluding carboxylic acids is 2. The van der Waals surface area contributed by atoms with Crippen LogP contribution in [0.4, 0.5) is 0 Å². The van der Waals surface area contributed by atoms with Crippen molar-refractivity contribution in [3.05, 3.63) is 66.2 Å². The number of carbonyl (C=O) groups is 2. The van der Waals surface area contributed by atoms with Gasteiger partial charge in [-0.3, -0.25) is 9.59 Å². The lowest BCUT2D eigenvalue weighted by Gasteiger charge is -2.27. The number of benzene rings is 2. The van der Waals surface area contributed by atoms with Crippen molar-refractivity contribution in [2.45, 2.75) is 41.9 Å². The summed E-state index contributed by atoms with van der Waals surface area (Å²) in [4.78, 5) is 26.8. The van der Waals surface area contributed by atoms with Gasteiger partial charge in [-0.05, 0) is 30.5 Å². The van der Waals surface area contributed by atoms with Gasteiger partial charge in [0.15, 0.2) is 21.2 Å². The van der Waals surface area contributed by atoms with Crippen LogP contribution in [0.2, 0.25) is 0 Å². The fourth-order valence-corrected chi connectivity index (χ4v) is 5.74. The van der Waals surface area contributed by atoms with Crippen LogP contribution in [0.25, 0.3) is 0 Å². The maximum Gasteiger partial charge on any atom is 0.328 e. The molecule has 0 saturated heterocycles. The van der Waals surface area contributed by atoms with E-state index in [1.54, 1.807) is 25.2 Å². The highest BCUT2D eigenvalue weighted by molar-refractivity contribution is 7.93. The van der Waals surface area contributed by atoms with Crippen LogP contribution >= 0.6 is 0 Å². The Hall–Kier alpha value is -2.67. The first-order valence-electron chi connectivity index (χ1n) is 9.62. The zero-order valence-electron chi connectivity index (χ0n) is 16.4. The van der Waals surface area contributed by atoms with Crippen molar-refractivity contribution in [2.24, 2.45) is 0 Å². The second-order valence-electron chi connectivity index (χ2n) is 7.33. The van der Waals surface area contributed by atoms with Crippen LogP contribution in [-0.4, -0.2) is 43.6 Å². The quantitative estimate of drug-likeness (QED) is 0.650. The summed E-state index contributed by atoms with van der Waals surface area (Å²) in [5, 5.41) is 0. The molecule has 2 aromatic carbocycles.